The second kappa shape index (κ2) is 10.2. The number of aryl methyl sites for hydroxylation is 2. The molecule has 0 bridgehead atoms. The highest BCUT2D eigenvalue weighted by Gasteiger charge is 2.37. The molecule has 3 heterocycles. The summed E-state index contributed by atoms with van der Waals surface area (Å²) in [5.74, 6) is -1.12. The average molecular weight is 532 g/mol. The van der Waals surface area contributed by atoms with Crippen LogP contribution in [0.5, 0.6) is 0 Å². The molecular weight excluding hydrogens is 501 g/mol. The molecule has 10 heteroatoms. The first-order valence-corrected chi connectivity index (χ1v) is 14.5. The van der Waals surface area contributed by atoms with E-state index in [0.717, 1.165) is 46.3 Å². The van der Waals surface area contributed by atoms with E-state index in [0.29, 0.717) is 37.7 Å². The minimum Gasteiger partial charge on any atom is -0.376 e. The standard InChI is InChI=1S/C26H30FN3O4S2/c1-17-13-18(2)24-23(14-17)28-26(35-24)30(16-21-6-4-12-34-21)25(31)19-5-3-11-29(15-19)36(32,33)22-9-7-20(27)8-10-22/h7-10,13-14,19,21H,3-6,11-12,15-16H2,1-2H3. The Bertz CT molecular complexity index is 1370. The summed E-state index contributed by atoms with van der Waals surface area (Å²) in [5, 5.41) is 0.623. The molecule has 0 saturated carbocycles. The maximum Gasteiger partial charge on any atom is 0.243 e. The molecule has 192 valence electrons. The zero-order valence-corrected chi connectivity index (χ0v) is 22.1. The van der Waals surface area contributed by atoms with Crippen molar-refractivity contribution in [2.45, 2.75) is 50.5 Å². The Balaban J connectivity index is 1.43. The van der Waals surface area contributed by atoms with Gasteiger partial charge in [-0.2, -0.15) is 4.31 Å². The van der Waals surface area contributed by atoms with Crippen LogP contribution in [0.25, 0.3) is 10.2 Å². The first-order valence-electron chi connectivity index (χ1n) is 12.3. The monoisotopic (exact) mass is 531 g/mol. The molecule has 0 spiro atoms. The number of hydrogen-bond acceptors (Lipinski definition) is 6. The van der Waals surface area contributed by atoms with Crippen LogP contribution in [0.3, 0.4) is 0 Å². The SMILES string of the molecule is Cc1cc(C)c2sc(N(CC3CCCO3)C(=O)C3CCCN(S(=O)(=O)c4ccc(F)cc4)C3)nc2c1. The Morgan fingerprint density at radius 3 is 2.69 bits per heavy atom. The van der Waals surface area contributed by atoms with Crippen molar-refractivity contribution >= 4 is 42.6 Å². The van der Waals surface area contributed by atoms with Gasteiger partial charge < -0.3 is 4.74 Å². The van der Waals surface area contributed by atoms with Gasteiger partial charge in [0.1, 0.15) is 5.82 Å². The van der Waals surface area contributed by atoms with Gasteiger partial charge in [-0.3, -0.25) is 9.69 Å². The van der Waals surface area contributed by atoms with Crippen LogP contribution in [-0.2, 0) is 19.6 Å². The lowest BCUT2D eigenvalue weighted by atomic mass is 9.98. The van der Waals surface area contributed by atoms with Crippen LogP contribution in [0.4, 0.5) is 9.52 Å². The summed E-state index contributed by atoms with van der Waals surface area (Å²) in [4.78, 5) is 20.5. The molecule has 5 rings (SSSR count). The molecule has 0 radical (unpaired) electrons. The predicted molar refractivity (Wildman–Crippen MR) is 138 cm³/mol. The van der Waals surface area contributed by atoms with Crippen LogP contribution in [0.2, 0.25) is 0 Å². The number of carbonyl (C=O) groups is 1. The lowest BCUT2D eigenvalue weighted by molar-refractivity contribution is -0.123. The van der Waals surface area contributed by atoms with Crippen LogP contribution in [0, 0.1) is 25.6 Å². The first-order chi connectivity index (χ1) is 17.2. The maximum atomic E-state index is 13.9. The zero-order chi connectivity index (χ0) is 25.4. The average Bonchev–Trinajstić information content (AvgIpc) is 3.52. The minimum atomic E-state index is -3.83. The number of piperidine rings is 1. The predicted octanol–water partition coefficient (Wildman–Crippen LogP) is 4.67. The van der Waals surface area contributed by atoms with Gasteiger partial charge in [0, 0.05) is 19.7 Å². The summed E-state index contributed by atoms with van der Waals surface area (Å²) in [6.45, 7) is 5.57. The molecule has 3 aromatic rings. The number of hydrogen-bond donors (Lipinski definition) is 0. The summed E-state index contributed by atoms with van der Waals surface area (Å²) < 4.78 is 48.0. The van der Waals surface area contributed by atoms with E-state index < -0.39 is 21.8 Å². The molecule has 2 atom stereocenters. The van der Waals surface area contributed by atoms with Gasteiger partial charge in [-0.25, -0.2) is 17.8 Å². The molecule has 1 aromatic heterocycles. The van der Waals surface area contributed by atoms with Gasteiger partial charge >= 0.3 is 0 Å². The van der Waals surface area contributed by atoms with Crippen molar-refractivity contribution < 1.29 is 22.3 Å². The molecule has 0 aliphatic carbocycles. The summed E-state index contributed by atoms with van der Waals surface area (Å²) in [6.07, 6.45) is 2.94. The number of benzene rings is 2. The Kier molecular flexibility index (Phi) is 7.13. The Hall–Kier alpha value is -2.40. The van der Waals surface area contributed by atoms with Crippen molar-refractivity contribution in [3.63, 3.8) is 0 Å². The lowest BCUT2D eigenvalue weighted by Crippen LogP contribution is -2.48. The second-order valence-electron chi connectivity index (χ2n) is 9.67. The first kappa shape index (κ1) is 25.3. The third-order valence-electron chi connectivity index (χ3n) is 6.90. The summed E-state index contributed by atoms with van der Waals surface area (Å²) in [7, 11) is -3.83. The molecular formula is C26H30FN3O4S2. The molecule has 7 nitrogen and oxygen atoms in total. The number of sulfonamides is 1. The molecule has 1 amide bonds. The van der Waals surface area contributed by atoms with Crippen LogP contribution >= 0.6 is 11.3 Å². The molecule has 2 fully saturated rings. The minimum absolute atomic E-state index is 0.0326. The van der Waals surface area contributed by atoms with Crippen LogP contribution in [0.15, 0.2) is 41.3 Å². The maximum absolute atomic E-state index is 13.9. The van der Waals surface area contributed by atoms with Crippen molar-refractivity contribution in [3.05, 3.63) is 53.3 Å². The highest BCUT2D eigenvalue weighted by molar-refractivity contribution is 7.89. The number of carbonyl (C=O) groups excluding carboxylic acids is 1. The van der Waals surface area contributed by atoms with Gasteiger partial charge in [-0.05, 0) is 81.0 Å². The van der Waals surface area contributed by atoms with Crippen LogP contribution in [0.1, 0.15) is 36.8 Å². The number of anilines is 1. The molecule has 2 aromatic carbocycles. The fourth-order valence-electron chi connectivity index (χ4n) is 5.07. The van der Waals surface area contributed by atoms with Crippen molar-refractivity contribution in [2.24, 2.45) is 5.92 Å². The number of halogens is 1. The quantitative estimate of drug-likeness (QED) is 0.462. The molecule has 2 unspecified atom stereocenters. The van der Waals surface area contributed by atoms with Gasteiger partial charge in [-0.15, -0.1) is 0 Å². The van der Waals surface area contributed by atoms with Gasteiger partial charge in [-0.1, -0.05) is 17.4 Å². The van der Waals surface area contributed by atoms with Crippen LogP contribution < -0.4 is 4.90 Å². The van der Waals surface area contributed by atoms with Crippen LogP contribution in [-0.4, -0.2) is 56.0 Å². The topological polar surface area (TPSA) is 79.8 Å². The number of thiazole rings is 1. The lowest BCUT2D eigenvalue weighted by Gasteiger charge is -2.34. The Morgan fingerprint density at radius 2 is 1.97 bits per heavy atom. The van der Waals surface area contributed by atoms with Gasteiger partial charge in [0.05, 0.1) is 33.7 Å². The number of ether oxygens (including phenoxy) is 1. The van der Waals surface area contributed by atoms with Crippen molar-refractivity contribution in [1.29, 1.82) is 0 Å². The Labute approximate surface area is 214 Å². The number of amides is 1. The summed E-state index contributed by atoms with van der Waals surface area (Å²) in [6, 6.07) is 8.94. The van der Waals surface area contributed by atoms with E-state index in [1.807, 2.05) is 19.9 Å². The molecule has 2 aliphatic rings. The smallest absolute Gasteiger partial charge is 0.243 e. The van der Waals surface area contributed by atoms with Crippen molar-refractivity contribution in [3.8, 4) is 0 Å². The largest absolute Gasteiger partial charge is 0.376 e. The van der Waals surface area contributed by atoms with E-state index >= 15 is 0 Å². The van der Waals surface area contributed by atoms with E-state index in [4.69, 9.17) is 9.72 Å². The molecule has 0 N–H and O–H groups in total. The molecule has 36 heavy (non-hydrogen) atoms. The van der Waals surface area contributed by atoms with E-state index in [1.54, 1.807) is 4.90 Å². The van der Waals surface area contributed by atoms with Gasteiger partial charge in [0.2, 0.25) is 15.9 Å². The molecule has 2 aliphatic heterocycles. The summed E-state index contributed by atoms with van der Waals surface area (Å²) >= 11 is 1.49. The number of rotatable bonds is 6. The van der Waals surface area contributed by atoms with E-state index in [1.165, 1.54) is 27.8 Å². The number of nitrogens with zero attached hydrogens (tertiary/aromatic N) is 3. The number of fused-ring (bicyclic) bond motifs is 1. The van der Waals surface area contributed by atoms with E-state index in [-0.39, 0.29) is 23.5 Å². The highest BCUT2D eigenvalue weighted by atomic mass is 32.2. The number of aromatic nitrogens is 1. The summed E-state index contributed by atoms with van der Waals surface area (Å²) in [5.41, 5.74) is 3.09. The zero-order valence-electron chi connectivity index (χ0n) is 20.4. The molecule has 2 saturated heterocycles. The third-order valence-corrected chi connectivity index (χ3v) is 10.0. The fraction of sp³-hybridized carbons (Fsp3) is 0.462. The van der Waals surface area contributed by atoms with E-state index in [9.17, 15) is 17.6 Å². The van der Waals surface area contributed by atoms with Crippen molar-refractivity contribution in [2.75, 3.05) is 31.1 Å². The third kappa shape index (κ3) is 5.04. The second-order valence-corrected chi connectivity index (χ2v) is 12.6. The Morgan fingerprint density at radius 1 is 1.19 bits per heavy atom. The van der Waals surface area contributed by atoms with E-state index in [2.05, 4.69) is 6.07 Å². The normalized spacial score (nSPS) is 21.2. The van der Waals surface area contributed by atoms with Gasteiger partial charge in [0.25, 0.3) is 0 Å². The fourth-order valence-corrected chi connectivity index (χ4v) is 7.63. The highest BCUT2D eigenvalue weighted by Crippen LogP contribution is 2.35. The van der Waals surface area contributed by atoms with Crippen molar-refractivity contribution in [1.82, 2.24) is 9.29 Å². The van der Waals surface area contributed by atoms with Gasteiger partial charge in [0.15, 0.2) is 5.13 Å².